The summed E-state index contributed by atoms with van der Waals surface area (Å²) < 4.78 is 5.58. The fourth-order valence-electron chi connectivity index (χ4n) is 1.12. The van der Waals surface area contributed by atoms with Crippen molar-refractivity contribution in [1.82, 2.24) is 0 Å². The van der Waals surface area contributed by atoms with E-state index < -0.39 is 0 Å². The topological polar surface area (TPSA) is 9.23 Å². The fraction of sp³-hybridized carbons (Fsp3) is 1.00. The van der Waals surface area contributed by atoms with Gasteiger partial charge in [0.05, 0.1) is 5.60 Å². The van der Waals surface area contributed by atoms with Crippen molar-refractivity contribution >= 4 is 0 Å². The number of hydrogen-bond donors (Lipinski definition) is 0. The first-order chi connectivity index (χ1) is 4.10. The highest BCUT2D eigenvalue weighted by Crippen LogP contribution is 2.26. The molecule has 1 saturated heterocycles. The summed E-state index contributed by atoms with van der Waals surface area (Å²) in [6.07, 6.45) is 2.54. The van der Waals surface area contributed by atoms with Crippen LogP contribution in [0.4, 0.5) is 0 Å². The Morgan fingerprint density at radius 3 is 2.44 bits per heavy atom. The second-order valence-electron chi connectivity index (χ2n) is 3.71. The molecule has 0 aromatic rings. The zero-order chi connectivity index (χ0) is 6.91. The van der Waals surface area contributed by atoms with Gasteiger partial charge in [0, 0.05) is 6.61 Å². The third kappa shape index (κ3) is 1.98. The molecule has 0 aromatic carbocycles. The van der Waals surface area contributed by atoms with Crippen LogP contribution in [0.5, 0.6) is 0 Å². The van der Waals surface area contributed by atoms with Crippen molar-refractivity contribution < 1.29 is 4.74 Å². The molecule has 0 aromatic heterocycles. The maximum atomic E-state index is 5.58. The molecule has 0 aliphatic carbocycles. The van der Waals surface area contributed by atoms with Crippen LogP contribution in [-0.2, 0) is 4.74 Å². The Bertz CT molecular complexity index is 86.7. The Balaban J connectivity index is 2.35. The number of ether oxygens (including phenoxy) is 1. The monoisotopic (exact) mass is 128 g/mol. The van der Waals surface area contributed by atoms with Crippen LogP contribution < -0.4 is 0 Å². The predicted octanol–water partition coefficient (Wildman–Crippen LogP) is 2.21. The number of rotatable bonds is 0. The Morgan fingerprint density at radius 1 is 1.44 bits per heavy atom. The lowest BCUT2D eigenvalue weighted by molar-refractivity contribution is -0.0727. The highest BCUT2D eigenvalue weighted by Gasteiger charge is 2.24. The zero-order valence-corrected chi connectivity index (χ0v) is 6.61. The molecule has 0 N–H and O–H groups in total. The summed E-state index contributed by atoms with van der Waals surface area (Å²) >= 11 is 0. The van der Waals surface area contributed by atoms with Crippen molar-refractivity contribution in [3.8, 4) is 0 Å². The van der Waals surface area contributed by atoms with Crippen molar-refractivity contribution in [2.75, 3.05) is 6.61 Å². The van der Waals surface area contributed by atoms with Gasteiger partial charge >= 0.3 is 0 Å². The van der Waals surface area contributed by atoms with Crippen molar-refractivity contribution in [3.05, 3.63) is 0 Å². The minimum atomic E-state index is 0.159. The van der Waals surface area contributed by atoms with Gasteiger partial charge in [-0.05, 0) is 32.6 Å². The summed E-state index contributed by atoms with van der Waals surface area (Å²) in [5, 5.41) is 0. The smallest absolute Gasteiger partial charge is 0.0626 e. The zero-order valence-electron chi connectivity index (χ0n) is 6.61. The van der Waals surface area contributed by atoms with E-state index >= 15 is 0 Å². The van der Waals surface area contributed by atoms with Crippen LogP contribution in [0.1, 0.15) is 33.6 Å². The summed E-state index contributed by atoms with van der Waals surface area (Å²) in [4.78, 5) is 0. The Hall–Kier alpha value is -0.0400. The summed E-state index contributed by atoms with van der Waals surface area (Å²) in [6.45, 7) is 7.53. The Morgan fingerprint density at radius 2 is 2.11 bits per heavy atom. The molecule has 1 aliphatic rings. The third-order valence-electron chi connectivity index (χ3n) is 2.00. The average molecular weight is 128 g/mol. The summed E-state index contributed by atoms with van der Waals surface area (Å²) in [7, 11) is 0. The molecule has 1 fully saturated rings. The summed E-state index contributed by atoms with van der Waals surface area (Å²) in [5.74, 6) is 0.776. The van der Waals surface area contributed by atoms with Crippen LogP contribution in [0, 0.1) is 5.92 Å². The lowest BCUT2D eigenvalue weighted by atomic mass is 9.93. The molecule has 0 spiro atoms. The summed E-state index contributed by atoms with van der Waals surface area (Å²) in [6, 6.07) is 0. The Kier molecular flexibility index (Phi) is 1.80. The molecule has 0 bridgehead atoms. The first-order valence-corrected chi connectivity index (χ1v) is 3.74. The molecule has 0 amide bonds. The van der Waals surface area contributed by atoms with Gasteiger partial charge in [-0.2, -0.15) is 0 Å². The second kappa shape index (κ2) is 2.30. The molecule has 54 valence electrons. The van der Waals surface area contributed by atoms with Gasteiger partial charge in [0.2, 0.25) is 0 Å². The Labute approximate surface area is 57.4 Å². The number of hydrogen-bond acceptors (Lipinski definition) is 1. The summed E-state index contributed by atoms with van der Waals surface area (Å²) in [5.41, 5.74) is 0.159. The lowest BCUT2D eigenvalue weighted by Gasteiger charge is -2.33. The minimum absolute atomic E-state index is 0.159. The molecular weight excluding hydrogens is 112 g/mol. The van der Waals surface area contributed by atoms with Gasteiger partial charge in [-0.25, -0.2) is 0 Å². The molecule has 1 atom stereocenters. The SMILES string of the molecule is C[C@@H]1CCC(C)(C)OC1. The van der Waals surface area contributed by atoms with Crippen molar-refractivity contribution in [3.63, 3.8) is 0 Å². The molecule has 0 unspecified atom stereocenters. The average Bonchev–Trinajstić information content (AvgIpc) is 1.78. The first-order valence-electron chi connectivity index (χ1n) is 3.74. The van der Waals surface area contributed by atoms with E-state index in [0.29, 0.717) is 0 Å². The lowest BCUT2D eigenvalue weighted by Crippen LogP contribution is -2.32. The highest BCUT2D eigenvalue weighted by molar-refractivity contribution is 4.74. The molecule has 0 radical (unpaired) electrons. The second-order valence-corrected chi connectivity index (χ2v) is 3.71. The normalized spacial score (nSPS) is 34.3. The van der Waals surface area contributed by atoms with Gasteiger partial charge in [0.1, 0.15) is 0 Å². The van der Waals surface area contributed by atoms with E-state index in [1.54, 1.807) is 0 Å². The van der Waals surface area contributed by atoms with Crippen molar-refractivity contribution in [2.24, 2.45) is 5.92 Å². The van der Waals surface area contributed by atoms with Crippen LogP contribution in [-0.4, -0.2) is 12.2 Å². The van der Waals surface area contributed by atoms with E-state index in [-0.39, 0.29) is 5.60 Å². The first kappa shape index (κ1) is 7.07. The highest BCUT2D eigenvalue weighted by atomic mass is 16.5. The standard InChI is InChI=1S/C8H16O/c1-7-4-5-8(2,3)9-6-7/h7H,4-6H2,1-3H3/t7-/m1/s1. The van der Waals surface area contributed by atoms with Gasteiger partial charge in [0.25, 0.3) is 0 Å². The molecule has 9 heavy (non-hydrogen) atoms. The van der Waals surface area contributed by atoms with E-state index in [4.69, 9.17) is 4.74 Å². The predicted molar refractivity (Wildman–Crippen MR) is 38.4 cm³/mol. The quantitative estimate of drug-likeness (QED) is 0.486. The van der Waals surface area contributed by atoms with E-state index in [9.17, 15) is 0 Å². The van der Waals surface area contributed by atoms with Gasteiger partial charge < -0.3 is 4.74 Å². The van der Waals surface area contributed by atoms with Crippen LogP contribution in [0.15, 0.2) is 0 Å². The van der Waals surface area contributed by atoms with E-state index in [2.05, 4.69) is 20.8 Å². The van der Waals surface area contributed by atoms with E-state index in [0.717, 1.165) is 12.5 Å². The van der Waals surface area contributed by atoms with E-state index in [1.807, 2.05) is 0 Å². The maximum Gasteiger partial charge on any atom is 0.0626 e. The molecule has 1 heteroatoms. The third-order valence-corrected chi connectivity index (χ3v) is 2.00. The van der Waals surface area contributed by atoms with E-state index in [1.165, 1.54) is 12.8 Å². The van der Waals surface area contributed by atoms with Gasteiger partial charge in [-0.3, -0.25) is 0 Å². The van der Waals surface area contributed by atoms with Crippen LogP contribution >= 0.6 is 0 Å². The molecular formula is C8H16O. The molecule has 1 nitrogen and oxygen atoms in total. The largest absolute Gasteiger partial charge is 0.375 e. The molecule has 1 heterocycles. The van der Waals surface area contributed by atoms with Gasteiger partial charge in [0.15, 0.2) is 0 Å². The molecule has 1 aliphatic heterocycles. The van der Waals surface area contributed by atoms with Crippen LogP contribution in [0.3, 0.4) is 0 Å². The molecule has 1 rings (SSSR count). The van der Waals surface area contributed by atoms with Crippen LogP contribution in [0.2, 0.25) is 0 Å². The van der Waals surface area contributed by atoms with Crippen LogP contribution in [0.25, 0.3) is 0 Å². The van der Waals surface area contributed by atoms with Crippen molar-refractivity contribution in [1.29, 1.82) is 0 Å². The molecule has 0 saturated carbocycles. The van der Waals surface area contributed by atoms with Gasteiger partial charge in [-0.15, -0.1) is 0 Å². The van der Waals surface area contributed by atoms with Gasteiger partial charge in [-0.1, -0.05) is 6.92 Å². The maximum absolute atomic E-state index is 5.58. The van der Waals surface area contributed by atoms with Crippen molar-refractivity contribution in [2.45, 2.75) is 39.2 Å². The minimum Gasteiger partial charge on any atom is -0.375 e. The fourth-order valence-corrected chi connectivity index (χ4v) is 1.12.